The molecule has 3 aliphatic carbocycles. The molecule has 0 radical (unpaired) electrons. The number of esters is 1. The number of aromatic carboxylic acids is 1. The second-order valence-corrected chi connectivity index (χ2v) is 17.7. The maximum absolute atomic E-state index is 14.4. The molecule has 11 rings (SSSR count). The third kappa shape index (κ3) is 8.89. The molecule has 3 saturated carbocycles. The molecule has 6 atom stereocenters. The van der Waals surface area contributed by atoms with E-state index in [2.05, 4.69) is 10.2 Å². The van der Waals surface area contributed by atoms with Gasteiger partial charge in [-0.1, -0.05) is 18.2 Å². The first kappa shape index (κ1) is 45.9. The Morgan fingerprint density at radius 1 is 0.597 bits per heavy atom. The molecule has 21 heteroatoms. The number of piperidine rings is 3. The van der Waals surface area contributed by atoms with Crippen LogP contribution in [0, 0.1) is 53.0 Å². The zero-order valence-electron chi connectivity index (χ0n) is 35.7. The molecule has 3 aliphatic heterocycles. The zero-order chi connectivity index (χ0) is 47.7. The van der Waals surface area contributed by atoms with Gasteiger partial charge in [-0.15, -0.1) is 0 Å². The molecule has 6 fully saturated rings. The standard InChI is InChI=1S/C18H18F3N3O2.C16H14F3N3O2.C12H12F3NO/c1-2-26-17(25)12-6-22-24(8-12)7-11-3-4-13(5-16(11)19)23-9-14-15(10-23)18(14,20)21;17-14-3-11(21-7-12-13(8-21)16(12,18)19)2-1-9(14)5-22-6-10(4-20-22)15(23)24;13-11-3-8(2-1-7(11)6-17)16-4-9-10(5-16)12(9,14)15/h3-6,8,14-15H,2,7,9-10H2,1H3;1-4,6,12-13H,5,7-8H2,(H,23,24);1-3,9-10,17H,4-6H2. The lowest BCUT2D eigenvalue weighted by Gasteiger charge is -2.22. The number of carbonyl (C=O) groups excluding carboxylic acids is 1. The van der Waals surface area contributed by atoms with Crippen LogP contribution in [0.2, 0.25) is 0 Å². The number of anilines is 3. The fourth-order valence-electron chi connectivity index (χ4n) is 9.42. The van der Waals surface area contributed by atoms with Gasteiger partial charge in [0.05, 0.1) is 85.3 Å². The van der Waals surface area contributed by atoms with Crippen LogP contribution in [-0.4, -0.2) is 105 Å². The SMILES string of the molecule is CCOC(=O)c1cnn(Cc2ccc(N3CC4C(C3)C4(F)F)cc2F)c1.O=C(O)c1cnn(Cc2ccc(N3CC4C(C3)C4(F)F)cc2F)c1.OCc1ccc(N2CC3C(C2)C3(F)F)cc1F. The van der Waals surface area contributed by atoms with Crippen LogP contribution in [0.3, 0.4) is 0 Å². The van der Waals surface area contributed by atoms with Crippen LogP contribution in [-0.2, 0) is 24.4 Å². The number of hydrogen-bond acceptors (Lipinski definition) is 9. The summed E-state index contributed by atoms with van der Waals surface area (Å²) in [4.78, 5) is 27.8. The van der Waals surface area contributed by atoms with Gasteiger partial charge in [0.25, 0.3) is 17.8 Å². The number of aliphatic hydroxyl groups is 1. The predicted molar refractivity (Wildman–Crippen MR) is 223 cm³/mol. The van der Waals surface area contributed by atoms with Crippen LogP contribution >= 0.6 is 0 Å². The van der Waals surface area contributed by atoms with Crippen molar-refractivity contribution in [1.29, 1.82) is 0 Å². The van der Waals surface area contributed by atoms with E-state index in [0.29, 0.717) is 33.8 Å². The fraction of sp³-hybridized carbons (Fsp3) is 0.435. The zero-order valence-corrected chi connectivity index (χ0v) is 35.7. The van der Waals surface area contributed by atoms with Gasteiger partial charge in [-0.05, 0) is 43.3 Å². The number of fused-ring (bicyclic) bond motifs is 3. The number of carbonyl (C=O) groups is 2. The number of aliphatic hydroxyl groups excluding tert-OH is 1. The lowest BCUT2D eigenvalue weighted by atomic mass is 10.1. The number of aromatic nitrogens is 4. The maximum Gasteiger partial charge on any atom is 0.341 e. The summed E-state index contributed by atoms with van der Waals surface area (Å²) in [6, 6.07) is 13.8. The summed E-state index contributed by atoms with van der Waals surface area (Å²) in [5.41, 5.74) is 3.14. The molecule has 3 aromatic carbocycles. The molecular formula is C46H44F9N7O5. The van der Waals surface area contributed by atoms with E-state index >= 15 is 0 Å². The molecule has 3 saturated heterocycles. The molecule has 12 nitrogen and oxygen atoms in total. The van der Waals surface area contributed by atoms with Gasteiger partial charge in [-0.25, -0.2) is 49.1 Å². The Balaban J connectivity index is 0.000000129. The van der Waals surface area contributed by atoms with Gasteiger partial charge >= 0.3 is 11.9 Å². The van der Waals surface area contributed by atoms with Crippen LogP contribution in [0.15, 0.2) is 79.4 Å². The van der Waals surface area contributed by atoms with E-state index in [9.17, 15) is 49.1 Å². The quantitative estimate of drug-likeness (QED) is 0.102. The number of rotatable bonds is 11. The number of ether oxygens (including phenoxy) is 1. The van der Waals surface area contributed by atoms with Gasteiger partial charge in [0.2, 0.25) is 0 Å². The van der Waals surface area contributed by atoms with E-state index in [4.69, 9.17) is 14.9 Å². The molecule has 0 bridgehead atoms. The van der Waals surface area contributed by atoms with Crippen molar-refractivity contribution >= 4 is 29.0 Å². The van der Waals surface area contributed by atoms with Crippen LogP contribution < -0.4 is 14.7 Å². The molecule has 0 amide bonds. The molecule has 6 aliphatic rings. The van der Waals surface area contributed by atoms with Crippen molar-refractivity contribution in [3.05, 3.63) is 125 Å². The third-order valence-corrected chi connectivity index (χ3v) is 13.7. The Hall–Kier alpha value is -6.25. The first-order valence-electron chi connectivity index (χ1n) is 21.6. The fourth-order valence-corrected chi connectivity index (χ4v) is 9.42. The van der Waals surface area contributed by atoms with Gasteiger partial charge in [0, 0.05) is 85.4 Å². The highest BCUT2D eigenvalue weighted by Gasteiger charge is 2.73. The van der Waals surface area contributed by atoms with Gasteiger partial charge in [0.1, 0.15) is 17.5 Å². The summed E-state index contributed by atoms with van der Waals surface area (Å²) in [7, 11) is 0. The lowest BCUT2D eigenvalue weighted by molar-refractivity contribution is 0.0525. The Kier molecular flexibility index (Phi) is 11.7. The average Bonchev–Trinajstić information content (AvgIpc) is 3.89. The van der Waals surface area contributed by atoms with Crippen molar-refractivity contribution in [1.82, 2.24) is 19.6 Å². The second-order valence-electron chi connectivity index (χ2n) is 17.7. The number of halogens is 9. The average molecular weight is 946 g/mol. The minimum Gasteiger partial charge on any atom is -0.478 e. The van der Waals surface area contributed by atoms with Gasteiger partial charge in [0.15, 0.2) is 0 Å². The third-order valence-electron chi connectivity index (χ3n) is 13.7. The van der Waals surface area contributed by atoms with Crippen molar-refractivity contribution in [3.63, 3.8) is 0 Å². The van der Waals surface area contributed by atoms with E-state index in [1.807, 2.05) is 0 Å². The van der Waals surface area contributed by atoms with E-state index in [1.165, 1.54) is 58.4 Å². The van der Waals surface area contributed by atoms with E-state index in [1.54, 1.807) is 52.0 Å². The van der Waals surface area contributed by atoms with Gasteiger partial charge < -0.3 is 29.6 Å². The number of carboxylic acids is 1. The summed E-state index contributed by atoms with van der Waals surface area (Å²) in [6.07, 6.45) is 5.40. The van der Waals surface area contributed by atoms with Crippen molar-refractivity contribution in [2.45, 2.75) is 44.4 Å². The second kappa shape index (κ2) is 17.1. The first-order chi connectivity index (χ1) is 31.8. The molecule has 0 spiro atoms. The highest BCUT2D eigenvalue weighted by molar-refractivity contribution is 5.88. The first-order valence-corrected chi connectivity index (χ1v) is 21.6. The predicted octanol–water partition coefficient (Wildman–Crippen LogP) is 7.44. The number of carboxylic acid groups (broad SMARTS) is 1. The van der Waals surface area contributed by atoms with Crippen molar-refractivity contribution < 1.29 is 64.1 Å². The molecule has 6 unspecified atom stereocenters. The van der Waals surface area contributed by atoms with E-state index in [0.717, 1.165) is 0 Å². The largest absolute Gasteiger partial charge is 0.478 e. The summed E-state index contributed by atoms with van der Waals surface area (Å²) in [5.74, 6) is -14.1. The summed E-state index contributed by atoms with van der Waals surface area (Å²) in [5, 5.41) is 25.6. The van der Waals surface area contributed by atoms with Crippen LogP contribution in [0.5, 0.6) is 0 Å². The van der Waals surface area contributed by atoms with Gasteiger partial charge in [-0.2, -0.15) is 10.2 Å². The van der Waals surface area contributed by atoms with Crippen molar-refractivity contribution in [3.8, 4) is 0 Å². The molecule has 5 heterocycles. The monoisotopic (exact) mass is 945 g/mol. The highest BCUT2D eigenvalue weighted by Crippen LogP contribution is 2.61. The lowest BCUT2D eigenvalue weighted by Crippen LogP contribution is -2.27. The van der Waals surface area contributed by atoms with Crippen LogP contribution in [0.25, 0.3) is 0 Å². The van der Waals surface area contributed by atoms with Crippen LogP contribution in [0.1, 0.15) is 44.3 Å². The number of hydrogen-bond donors (Lipinski definition) is 2. The Labute approximate surface area is 377 Å². The molecule has 67 heavy (non-hydrogen) atoms. The maximum atomic E-state index is 14.4. The topological polar surface area (TPSA) is 129 Å². The summed E-state index contributed by atoms with van der Waals surface area (Å²) in [6.45, 7) is 3.48. The Morgan fingerprint density at radius 2 is 0.940 bits per heavy atom. The molecule has 2 N–H and O–H groups in total. The Bertz CT molecular complexity index is 2650. The molecule has 356 valence electrons. The molecule has 2 aromatic heterocycles. The van der Waals surface area contributed by atoms with E-state index in [-0.39, 0.29) is 76.7 Å². The number of benzene rings is 3. The molecule has 5 aromatic rings. The Morgan fingerprint density at radius 3 is 1.25 bits per heavy atom. The number of nitrogens with zero attached hydrogens (tertiary/aromatic N) is 7. The van der Waals surface area contributed by atoms with Crippen molar-refractivity contribution in [2.24, 2.45) is 35.5 Å². The normalized spacial score (nSPS) is 25.0. The minimum absolute atomic E-state index is 0.0317. The highest BCUT2D eigenvalue weighted by atomic mass is 19.3. The number of alkyl halides is 6. The summed E-state index contributed by atoms with van der Waals surface area (Å²) >= 11 is 0. The summed E-state index contributed by atoms with van der Waals surface area (Å²) < 4.78 is 129. The van der Waals surface area contributed by atoms with Gasteiger partial charge in [-0.3, -0.25) is 9.36 Å². The van der Waals surface area contributed by atoms with Crippen molar-refractivity contribution in [2.75, 3.05) is 60.6 Å². The van der Waals surface area contributed by atoms with E-state index < -0.39 is 82.7 Å². The van der Waals surface area contributed by atoms with Crippen LogP contribution in [0.4, 0.5) is 56.6 Å². The minimum atomic E-state index is -2.56. The smallest absolute Gasteiger partial charge is 0.341 e. The molecular weight excluding hydrogens is 902 g/mol.